The lowest BCUT2D eigenvalue weighted by Gasteiger charge is -2.62. The van der Waals surface area contributed by atoms with Gasteiger partial charge in [0.2, 0.25) is 0 Å². The fraction of sp³-hybridized carbons (Fsp3) is 0.588. The van der Waals surface area contributed by atoms with Gasteiger partial charge in [0.1, 0.15) is 29.7 Å². The Kier molecular flexibility index (Phi) is 11.7. The van der Waals surface area contributed by atoms with Crippen molar-refractivity contribution >= 4 is 17.5 Å². The smallest absolute Gasteiger partial charge is 0.306 e. The minimum absolute atomic E-state index is 0.0167. The molecule has 3 aromatic rings. The maximum atomic E-state index is 13.3. The van der Waals surface area contributed by atoms with Gasteiger partial charge in [-0.15, -0.1) is 0 Å². The summed E-state index contributed by atoms with van der Waals surface area (Å²) in [4.78, 5) is 38.4. The van der Waals surface area contributed by atoms with Crippen LogP contribution in [0.15, 0.2) is 54.6 Å². The number of hydrogen-bond donors (Lipinski definition) is 5. The van der Waals surface area contributed by atoms with E-state index in [-0.39, 0.29) is 61.4 Å². The number of aliphatic hydroxyl groups excluding tert-OH is 1. The third kappa shape index (κ3) is 7.29. The number of aryl methyl sites for hydroxylation is 1. The van der Waals surface area contributed by atoms with Gasteiger partial charge in [-0.1, -0.05) is 30.3 Å². The van der Waals surface area contributed by atoms with Crippen molar-refractivity contribution in [1.82, 2.24) is 10.6 Å². The second-order valence-electron chi connectivity index (χ2n) is 19.5. The lowest BCUT2D eigenvalue weighted by Crippen LogP contribution is -2.73. The average Bonchev–Trinajstić information content (AvgIpc) is 4.06. The molecule has 5 fully saturated rings. The number of methoxy groups -OCH3 is 1. The molecule has 0 unspecified atom stereocenters. The van der Waals surface area contributed by atoms with Crippen LogP contribution in [-0.2, 0) is 55.8 Å². The molecule has 3 saturated carbocycles. The minimum atomic E-state index is -1.07. The van der Waals surface area contributed by atoms with E-state index in [1.54, 1.807) is 14.0 Å². The van der Waals surface area contributed by atoms with Gasteiger partial charge >= 0.3 is 5.97 Å². The highest BCUT2D eigenvalue weighted by molar-refractivity contribution is 5.88. The number of esters is 1. The van der Waals surface area contributed by atoms with Gasteiger partial charge in [-0.2, -0.15) is 0 Å². The fourth-order valence-corrected chi connectivity index (χ4v) is 12.8. The molecular formula is C51H64N2O9. The number of ketones is 2. The molecule has 11 nitrogen and oxygen atoms in total. The molecule has 10 rings (SSSR count). The molecule has 2 saturated heterocycles. The number of carbonyl (C=O) groups excluding carboxylic acids is 3. The van der Waals surface area contributed by atoms with Crippen LogP contribution in [0.1, 0.15) is 110 Å². The molecule has 332 valence electrons. The number of carbonyl (C=O) groups is 3. The number of benzene rings is 3. The topological polar surface area (TPSA) is 164 Å². The zero-order valence-electron chi connectivity index (χ0n) is 36.6. The van der Waals surface area contributed by atoms with E-state index >= 15 is 0 Å². The lowest BCUT2D eigenvalue weighted by molar-refractivity contribution is -0.164. The second-order valence-corrected chi connectivity index (χ2v) is 19.5. The molecular weight excluding hydrogens is 785 g/mol. The summed E-state index contributed by atoms with van der Waals surface area (Å²) in [5, 5.41) is 40.9. The maximum Gasteiger partial charge on any atom is 0.306 e. The third-order valence-corrected chi connectivity index (χ3v) is 16.2. The molecule has 4 bridgehead atoms. The van der Waals surface area contributed by atoms with Gasteiger partial charge in [-0.3, -0.25) is 14.4 Å². The van der Waals surface area contributed by atoms with Crippen molar-refractivity contribution in [3.63, 3.8) is 0 Å². The number of hydrogen-bond acceptors (Lipinski definition) is 11. The largest absolute Gasteiger partial charge is 0.497 e. The summed E-state index contributed by atoms with van der Waals surface area (Å²) in [5.41, 5.74) is 5.06. The minimum Gasteiger partial charge on any atom is -0.497 e. The van der Waals surface area contributed by atoms with Crippen LogP contribution in [0.25, 0.3) is 0 Å². The number of nitrogens with one attached hydrogen (secondary N) is 2. The van der Waals surface area contributed by atoms with Crippen LogP contribution >= 0.6 is 0 Å². The van der Waals surface area contributed by atoms with E-state index in [2.05, 4.69) is 41.8 Å². The van der Waals surface area contributed by atoms with Crippen molar-refractivity contribution in [2.24, 2.45) is 17.8 Å². The van der Waals surface area contributed by atoms with Crippen molar-refractivity contribution in [2.45, 2.75) is 138 Å². The van der Waals surface area contributed by atoms with Crippen molar-refractivity contribution < 1.29 is 43.9 Å². The molecule has 5 aliphatic carbocycles. The van der Waals surface area contributed by atoms with E-state index in [0.29, 0.717) is 45.3 Å². The molecule has 62 heavy (non-hydrogen) atoms. The van der Waals surface area contributed by atoms with Crippen molar-refractivity contribution in [3.8, 4) is 11.5 Å². The first-order valence-corrected chi connectivity index (χ1v) is 23.1. The lowest BCUT2D eigenvalue weighted by atomic mass is 9.48. The Labute approximate surface area is 365 Å². The fourth-order valence-electron chi connectivity index (χ4n) is 12.8. The van der Waals surface area contributed by atoms with Gasteiger partial charge < -0.3 is 40.2 Å². The Balaban J connectivity index is 0.000000161. The Bertz CT molecular complexity index is 2210. The number of piperidine rings is 2. The van der Waals surface area contributed by atoms with E-state index in [0.717, 1.165) is 72.0 Å². The van der Waals surface area contributed by atoms with Crippen molar-refractivity contribution in [3.05, 3.63) is 93.5 Å². The predicted molar refractivity (Wildman–Crippen MR) is 233 cm³/mol. The van der Waals surface area contributed by atoms with Crippen molar-refractivity contribution in [1.29, 1.82) is 0 Å². The number of Topliss-reactive ketones (excluding diaryl/α,β-unsaturated/α-hetero) is 2. The Morgan fingerprint density at radius 3 is 2.06 bits per heavy atom. The van der Waals surface area contributed by atoms with Gasteiger partial charge in [0.05, 0.1) is 31.3 Å². The van der Waals surface area contributed by atoms with Gasteiger partial charge in [-0.25, -0.2) is 0 Å². The first-order chi connectivity index (χ1) is 29.9. The standard InChI is InChI=1S/C29H35NO4.C22H29NO5/c31-11-8-21-16-29(33)27-15-24-22(12-19-6-7-19)13-23(34-18-20-4-2-1-3-5-20)14-25(24)28(29,9-10-30-27)17-26(21)32;1-4-28-20(25)8-14-11-22(26)19-10-16-13(2)7-15(27-3)9-17(16)21(22,5-6-23-19)12-18(14)24/h1-5,13-14,19,21,27,30-31,33H,6-12,15-18H2;7,9,14,19,23,26H,4-6,8,10-12H2,1-3H3/t21-,27+,28+,29+;14-,19+,21+,22+/m00/s1. The Morgan fingerprint density at radius 1 is 0.823 bits per heavy atom. The molecule has 2 heterocycles. The molecule has 11 heteroatoms. The predicted octanol–water partition coefficient (Wildman–Crippen LogP) is 5.29. The maximum absolute atomic E-state index is 13.3. The molecule has 5 N–H and O–H groups in total. The molecule has 7 aliphatic rings. The van der Waals surface area contributed by atoms with Crippen LogP contribution in [0, 0.1) is 24.7 Å². The summed E-state index contributed by atoms with van der Waals surface area (Å²) < 4.78 is 16.9. The molecule has 2 aliphatic heterocycles. The quantitative estimate of drug-likeness (QED) is 0.160. The first-order valence-electron chi connectivity index (χ1n) is 23.1. The Hall–Kier alpha value is -4.13. The molecule has 3 aromatic carbocycles. The summed E-state index contributed by atoms with van der Waals surface area (Å²) in [6.07, 6.45) is 8.35. The van der Waals surface area contributed by atoms with Crippen LogP contribution < -0.4 is 20.1 Å². The molecule has 0 aromatic heterocycles. The van der Waals surface area contributed by atoms with Gasteiger partial charge in [0.25, 0.3) is 0 Å². The van der Waals surface area contributed by atoms with E-state index in [1.165, 1.54) is 29.5 Å². The molecule has 8 atom stereocenters. The van der Waals surface area contributed by atoms with Crippen molar-refractivity contribution in [2.75, 3.05) is 33.4 Å². The summed E-state index contributed by atoms with van der Waals surface area (Å²) >= 11 is 0. The first kappa shape index (κ1) is 43.1. The zero-order valence-corrected chi connectivity index (χ0v) is 36.6. The van der Waals surface area contributed by atoms with Crippen LogP contribution in [0.5, 0.6) is 11.5 Å². The normalized spacial score (nSPS) is 32.8. The highest BCUT2D eigenvalue weighted by Gasteiger charge is 2.66. The van der Waals surface area contributed by atoms with Gasteiger partial charge in [0, 0.05) is 54.2 Å². The van der Waals surface area contributed by atoms with Crippen LogP contribution in [0.4, 0.5) is 0 Å². The highest BCUT2D eigenvalue weighted by Crippen LogP contribution is 2.60. The van der Waals surface area contributed by atoms with E-state index < -0.39 is 27.9 Å². The number of aliphatic hydroxyl groups is 3. The van der Waals surface area contributed by atoms with Gasteiger partial charge in [-0.05, 0) is 160 Å². The van der Waals surface area contributed by atoms with E-state index in [4.69, 9.17) is 14.2 Å². The van der Waals surface area contributed by atoms with E-state index in [9.17, 15) is 29.7 Å². The van der Waals surface area contributed by atoms with Crippen LogP contribution in [0.3, 0.4) is 0 Å². The van der Waals surface area contributed by atoms with E-state index in [1.807, 2.05) is 30.3 Å². The third-order valence-electron chi connectivity index (χ3n) is 16.2. The summed E-state index contributed by atoms with van der Waals surface area (Å²) in [5.74, 6) is 1.44. The molecule has 0 spiro atoms. The Morgan fingerprint density at radius 2 is 1.44 bits per heavy atom. The number of fused-ring (bicyclic) bond motifs is 2. The summed E-state index contributed by atoms with van der Waals surface area (Å²) in [6, 6.07) is 18.4. The zero-order chi connectivity index (χ0) is 43.4. The average molecular weight is 849 g/mol. The monoisotopic (exact) mass is 848 g/mol. The molecule has 0 amide bonds. The molecule has 0 radical (unpaired) electrons. The van der Waals surface area contributed by atoms with Crippen LogP contribution in [0.2, 0.25) is 0 Å². The number of ether oxygens (including phenoxy) is 3. The highest BCUT2D eigenvalue weighted by atomic mass is 16.5. The number of rotatable bonds is 11. The van der Waals surface area contributed by atoms with Gasteiger partial charge in [0.15, 0.2) is 0 Å². The summed E-state index contributed by atoms with van der Waals surface area (Å²) in [6.45, 7) is 6.16. The SMILES string of the molecule is CCOC(=O)C[C@H]1C[C@@]2(O)[C@H]3Cc4c(C)cc(OC)cc4[C@@]2(CCN3)CC1=O.O=C1C[C@]23CCN[C@H](Cc4c(CC5CC5)cc(OCc5ccccc5)cc42)[C@]3(O)C[C@@H]1CCO. The van der Waals surface area contributed by atoms with Crippen LogP contribution in [-0.4, -0.2) is 89.6 Å². The second kappa shape index (κ2) is 16.8. The summed E-state index contributed by atoms with van der Waals surface area (Å²) in [7, 11) is 1.64.